The second-order valence-electron chi connectivity index (χ2n) is 9.71. The Labute approximate surface area is 209 Å². The zero-order chi connectivity index (χ0) is 25.1. The van der Waals surface area contributed by atoms with Crippen LogP contribution >= 0.6 is 11.6 Å². The van der Waals surface area contributed by atoms with Gasteiger partial charge in [-0.25, -0.2) is 22.7 Å². The van der Waals surface area contributed by atoms with Crippen LogP contribution in [0.3, 0.4) is 0 Å². The number of aromatic nitrogens is 2. The van der Waals surface area contributed by atoms with Crippen molar-refractivity contribution in [2.45, 2.75) is 38.3 Å². The van der Waals surface area contributed by atoms with Crippen LogP contribution in [0.4, 0.5) is 19.1 Å². The van der Waals surface area contributed by atoms with Crippen molar-refractivity contribution in [1.29, 1.82) is 0 Å². The lowest BCUT2D eigenvalue weighted by Crippen LogP contribution is -2.42. The van der Waals surface area contributed by atoms with Crippen LogP contribution in [-0.2, 0) is 14.8 Å². The van der Waals surface area contributed by atoms with E-state index >= 15 is 0 Å². The van der Waals surface area contributed by atoms with Crippen LogP contribution in [0.15, 0.2) is 24.5 Å². The molecular formula is C23H32ClF3N4O3S. The van der Waals surface area contributed by atoms with Crippen LogP contribution in [0.25, 0.3) is 0 Å². The van der Waals surface area contributed by atoms with E-state index in [1.807, 2.05) is 0 Å². The number of allylic oxidation sites excluding steroid dienone is 1. The van der Waals surface area contributed by atoms with Crippen LogP contribution in [0.1, 0.15) is 32.1 Å². The van der Waals surface area contributed by atoms with Gasteiger partial charge in [-0.2, -0.15) is 13.2 Å². The molecule has 196 valence electrons. The van der Waals surface area contributed by atoms with E-state index in [-0.39, 0.29) is 19.0 Å². The number of hydrogen-bond donors (Lipinski definition) is 0. The molecule has 2 atom stereocenters. The Balaban J connectivity index is 1.13. The minimum Gasteiger partial charge on any atom is -0.381 e. The Morgan fingerprint density at radius 3 is 2.23 bits per heavy atom. The minimum atomic E-state index is -4.46. The number of hydrogen-bond acceptors (Lipinski definition) is 6. The molecule has 1 aliphatic carbocycles. The molecule has 2 fully saturated rings. The summed E-state index contributed by atoms with van der Waals surface area (Å²) in [4.78, 5) is 10.8. The molecule has 35 heavy (non-hydrogen) atoms. The predicted octanol–water partition coefficient (Wildman–Crippen LogP) is 4.16. The average molecular weight is 537 g/mol. The van der Waals surface area contributed by atoms with E-state index in [9.17, 15) is 21.6 Å². The van der Waals surface area contributed by atoms with Crippen LogP contribution < -0.4 is 4.90 Å². The normalized spacial score (nSPS) is 25.1. The SMILES string of the molecule is O=S(=O)(CCC(F)(F)F)N1CCC(COCC2C=CC2C2CCN(c3ncc(Cl)cn3)CC2)CC1. The highest BCUT2D eigenvalue weighted by Gasteiger charge is 2.36. The summed E-state index contributed by atoms with van der Waals surface area (Å²) < 4.78 is 68.7. The van der Waals surface area contributed by atoms with Gasteiger partial charge < -0.3 is 9.64 Å². The fourth-order valence-corrected chi connectivity index (χ4v) is 6.73. The van der Waals surface area contributed by atoms with Crippen molar-refractivity contribution in [3.05, 3.63) is 29.6 Å². The van der Waals surface area contributed by atoms with Gasteiger partial charge in [-0.05, 0) is 43.4 Å². The van der Waals surface area contributed by atoms with Crippen molar-refractivity contribution in [1.82, 2.24) is 14.3 Å². The van der Waals surface area contributed by atoms with Crippen molar-refractivity contribution in [3.63, 3.8) is 0 Å². The van der Waals surface area contributed by atoms with E-state index in [0.717, 1.165) is 31.9 Å². The summed E-state index contributed by atoms with van der Waals surface area (Å²) in [6, 6.07) is 0. The molecule has 2 aliphatic heterocycles. The number of nitrogens with zero attached hydrogens (tertiary/aromatic N) is 4. The molecule has 3 aliphatic rings. The highest BCUT2D eigenvalue weighted by molar-refractivity contribution is 7.89. The van der Waals surface area contributed by atoms with E-state index in [1.165, 1.54) is 4.31 Å². The largest absolute Gasteiger partial charge is 0.390 e. The Hall–Kier alpha value is -1.43. The van der Waals surface area contributed by atoms with Gasteiger partial charge in [0.2, 0.25) is 16.0 Å². The quantitative estimate of drug-likeness (QED) is 0.441. The number of ether oxygens (including phenoxy) is 1. The Morgan fingerprint density at radius 2 is 1.66 bits per heavy atom. The van der Waals surface area contributed by atoms with E-state index in [2.05, 4.69) is 27.0 Å². The molecule has 3 heterocycles. The van der Waals surface area contributed by atoms with Crippen molar-refractivity contribution < 1.29 is 26.3 Å². The summed E-state index contributed by atoms with van der Waals surface area (Å²) in [7, 11) is -3.87. The van der Waals surface area contributed by atoms with Crippen molar-refractivity contribution >= 4 is 27.6 Å². The summed E-state index contributed by atoms with van der Waals surface area (Å²) in [5, 5.41) is 0.530. The van der Waals surface area contributed by atoms with E-state index in [1.54, 1.807) is 12.4 Å². The molecule has 1 aromatic rings. The molecule has 0 spiro atoms. The number of anilines is 1. The van der Waals surface area contributed by atoms with Gasteiger partial charge in [0, 0.05) is 38.7 Å². The number of piperidine rings is 2. The van der Waals surface area contributed by atoms with Crippen LogP contribution in [-0.4, -0.2) is 74.0 Å². The standard InChI is InChI=1S/C23H32ClF3N4O3S/c24-20-13-28-22(29-14-20)30-8-5-18(6-9-30)21-2-1-19(21)16-34-15-17-3-10-31(11-4-17)35(32,33)12-7-23(25,26)27/h1-2,13-14,17-19,21H,3-12,15-16H2. The molecule has 12 heteroatoms. The maximum atomic E-state index is 12.4. The predicted molar refractivity (Wildman–Crippen MR) is 128 cm³/mol. The summed E-state index contributed by atoms with van der Waals surface area (Å²) in [6.07, 6.45) is 5.31. The molecule has 0 N–H and O–H groups in total. The molecule has 0 amide bonds. The summed E-state index contributed by atoms with van der Waals surface area (Å²) >= 11 is 5.88. The van der Waals surface area contributed by atoms with Crippen molar-refractivity contribution in [2.24, 2.45) is 23.7 Å². The van der Waals surface area contributed by atoms with Crippen molar-refractivity contribution in [2.75, 3.05) is 50.0 Å². The van der Waals surface area contributed by atoms with E-state index < -0.39 is 28.4 Å². The first-order chi connectivity index (χ1) is 16.6. The number of alkyl halides is 3. The van der Waals surface area contributed by atoms with Gasteiger partial charge in [-0.3, -0.25) is 0 Å². The van der Waals surface area contributed by atoms with Gasteiger partial charge >= 0.3 is 6.18 Å². The van der Waals surface area contributed by atoms with Gasteiger partial charge in [0.05, 0.1) is 36.2 Å². The first-order valence-corrected chi connectivity index (χ1v) is 14.1. The third kappa shape index (κ3) is 7.30. The molecule has 0 bridgehead atoms. The zero-order valence-electron chi connectivity index (χ0n) is 19.5. The molecule has 0 radical (unpaired) electrons. The van der Waals surface area contributed by atoms with Gasteiger partial charge in [0.25, 0.3) is 0 Å². The number of rotatable bonds is 9. The highest BCUT2D eigenvalue weighted by atomic mass is 35.5. The molecule has 1 aromatic heterocycles. The molecule has 2 saturated heterocycles. The molecule has 2 unspecified atom stereocenters. The second kappa shape index (κ2) is 11.3. The summed E-state index contributed by atoms with van der Waals surface area (Å²) in [5.74, 6) is 1.57. The molecule has 4 rings (SSSR count). The second-order valence-corrected chi connectivity index (χ2v) is 12.2. The first kappa shape index (κ1) is 26.6. The third-order valence-corrected chi connectivity index (χ3v) is 9.39. The minimum absolute atomic E-state index is 0.231. The number of sulfonamides is 1. The fraction of sp³-hybridized carbons (Fsp3) is 0.739. The van der Waals surface area contributed by atoms with Gasteiger partial charge in [0.15, 0.2) is 0 Å². The monoisotopic (exact) mass is 536 g/mol. The van der Waals surface area contributed by atoms with Gasteiger partial charge in [0.1, 0.15) is 0 Å². The van der Waals surface area contributed by atoms with E-state index in [0.29, 0.717) is 48.8 Å². The van der Waals surface area contributed by atoms with Gasteiger partial charge in [-0.1, -0.05) is 23.8 Å². The van der Waals surface area contributed by atoms with Gasteiger partial charge in [-0.15, -0.1) is 0 Å². The van der Waals surface area contributed by atoms with Crippen molar-refractivity contribution in [3.8, 4) is 0 Å². The van der Waals surface area contributed by atoms with E-state index in [4.69, 9.17) is 16.3 Å². The lowest BCUT2D eigenvalue weighted by Gasteiger charge is -2.41. The molecule has 0 saturated carbocycles. The Kier molecular flexibility index (Phi) is 8.61. The average Bonchev–Trinajstić information content (AvgIpc) is 2.81. The lowest BCUT2D eigenvalue weighted by atomic mass is 9.71. The third-order valence-electron chi connectivity index (χ3n) is 7.32. The lowest BCUT2D eigenvalue weighted by molar-refractivity contribution is -0.130. The smallest absolute Gasteiger partial charge is 0.381 e. The molecule has 0 aromatic carbocycles. The Morgan fingerprint density at radius 1 is 1.00 bits per heavy atom. The van der Waals surface area contributed by atoms with Crippen LogP contribution in [0, 0.1) is 23.7 Å². The summed E-state index contributed by atoms with van der Waals surface area (Å²) in [5.41, 5.74) is 0. The first-order valence-electron chi connectivity index (χ1n) is 12.1. The molecule has 7 nitrogen and oxygen atoms in total. The topological polar surface area (TPSA) is 75.6 Å². The van der Waals surface area contributed by atoms with Crippen LogP contribution in [0.5, 0.6) is 0 Å². The number of halogens is 4. The fourth-order valence-electron chi connectivity index (χ4n) is 5.12. The zero-order valence-corrected chi connectivity index (χ0v) is 21.1. The molecular weight excluding hydrogens is 505 g/mol. The van der Waals surface area contributed by atoms with Crippen LogP contribution in [0.2, 0.25) is 5.02 Å². The summed E-state index contributed by atoms with van der Waals surface area (Å²) in [6.45, 7) is 3.54. The maximum Gasteiger partial charge on any atom is 0.390 e. The Bertz CT molecular complexity index is 961. The maximum absolute atomic E-state index is 12.4. The highest BCUT2D eigenvalue weighted by Crippen LogP contribution is 2.38.